The first-order valence-electron chi connectivity index (χ1n) is 10.6. The van der Waals surface area contributed by atoms with Gasteiger partial charge in [0, 0.05) is 30.1 Å². The fraction of sp³-hybridized carbons (Fsp3) is 0.375. The van der Waals surface area contributed by atoms with Gasteiger partial charge in [0.25, 0.3) is 11.8 Å². The van der Waals surface area contributed by atoms with E-state index in [2.05, 4.69) is 10.6 Å². The molecule has 2 N–H and O–H groups in total. The van der Waals surface area contributed by atoms with Crippen LogP contribution in [-0.2, 0) is 4.79 Å². The number of nitrogens with zero attached hydrogens (tertiary/aromatic N) is 1. The van der Waals surface area contributed by atoms with Crippen molar-refractivity contribution in [2.45, 2.75) is 45.1 Å². The third kappa shape index (κ3) is 4.22. The second kappa shape index (κ2) is 8.69. The molecule has 0 saturated heterocycles. The van der Waals surface area contributed by atoms with E-state index in [9.17, 15) is 14.4 Å². The fourth-order valence-corrected chi connectivity index (χ4v) is 4.09. The number of carbonyl (C=O) groups is 3. The number of carbonyl (C=O) groups excluding carboxylic acids is 3. The van der Waals surface area contributed by atoms with Crippen molar-refractivity contribution in [1.29, 1.82) is 0 Å². The van der Waals surface area contributed by atoms with Gasteiger partial charge in [0.15, 0.2) is 0 Å². The molecule has 6 heteroatoms. The molecule has 1 saturated carbocycles. The van der Waals surface area contributed by atoms with E-state index in [1.54, 1.807) is 35.2 Å². The van der Waals surface area contributed by atoms with Crippen molar-refractivity contribution in [3.63, 3.8) is 0 Å². The molecule has 1 aliphatic heterocycles. The molecular formula is C24H27N3O3. The number of fused-ring (bicyclic) bond motifs is 1. The van der Waals surface area contributed by atoms with Gasteiger partial charge in [-0.1, -0.05) is 37.5 Å². The Morgan fingerprint density at radius 3 is 2.57 bits per heavy atom. The van der Waals surface area contributed by atoms with Gasteiger partial charge >= 0.3 is 0 Å². The van der Waals surface area contributed by atoms with Crippen molar-refractivity contribution in [2.75, 3.05) is 16.8 Å². The third-order valence-corrected chi connectivity index (χ3v) is 6.02. The zero-order chi connectivity index (χ0) is 21.1. The van der Waals surface area contributed by atoms with Gasteiger partial charge in [-0.15, -0.1) is 0 Å². The van der Waals surface area contributed by atoms with E-state index in [1.807, 2.05) is 25.1 Å². The van der Waals surface area contributed by atoms with E-state index in [-0.39, 0.29) is 30.2 Å². The normalized spacial score (nSPS) is 18.6. The van der Waals surface area contributed by atoms with Gasteiger partial charge in [-0.25, -0.2) is 0 Å². The second-order valence-electron chi connectivity index (χ2n) is 8.22. The number of hydrogen-bond acceptors (Lipinski definition) is 3. The molecular weight excluding hydrogens is 378 g/mol. The summed E-state index contributed by atoms with van der Waals surface area (Å²) >= 11 is 0. The average Bonchev–Trinajstić information content (AvgIpc) is 2.83. The first-order valence-corrected chi connectivity index (χ1v) is 10.6. The highest BCUT2D eigenvalue weighted by atomic mass is 16.2. The Bertz CT molecular complexity index is 953. The molecule has 0 bridgehead atoms. The Morgan fingerprint density at radius 2 is 1.87 bits per heavy atom. The molecule has 1 heterocycles. The van der Waals surface area contributed by atoms with Gasteiger partial charge in [0.2, 0.25) is 5.91 Å². The van der Waals surface area contributed by atoms with Crippen LogP contribution in [0.1, 0.15) is 59.7 Å². The average molecular weight is 405 g/mol. The number of benzene rings is 2. The predicted molar refractivity (Wildman–Crippen MR) is 117 cm³/mol. The summed E-state index contributed by atoms with van der Waals surface area (Å²) in [6, 6.07) is 13.8. The summed E-state index contributed by atoms with van der Waals surface area (Å²) in [5, 5.41) is 5.83. The lowest BCUT2D eigenvalue weighted by Crippen LogP contribution is -2.39. The number of rotatable bonds is 5. The van der Waals surface area contributed by atoms with Gasteiger partial charge in [-0.2, -0.15) is 0 Å². The lowest BCUT2D eigenvalue weighted by atomic mass is 9.83. The first-order chi connectivity index (χ1) is 14.5. The van der Waals surface area contributed by atoms with E-state index < -0.39 is 0 Å². The highest BCUT2D eigenvalue weighted by Crippen LogP contribution is 2.34. The van der Waals surface area contributed by atoms with E-state index in [1.165, 1.54) is 19.3 Å². The Labute approximate surface area is 176 Å². The van der Waals surface area contributed by atoms with Crippen LogP contribution in [0.25, 0.3) is 0 Å². The van der Waals surface area contributed by atoms with Gasteiger partial charge in [-0.05, 0) is 49.6 Å². The van der Waals surface area contributed by atoms with Gasteiger partial charge in [0.05, 0.1) is 11.4 Å². The van der Waals surface area contributed by atoms with Gasteiger partial charge < -0.3 is 15.5 Å². The Balaban J connectivity index is 1.57. The summed E-state index contributed by atoms with van der Waals surface area (Å²) in [5.41, 5.74) is 2.13. The van der Waals surface area contributed by atoms with E-state index in [4.69, 9.17) is 0 Å². The van der Waals surface area contributed by atoms with Gasteiger partial charge in [0.1, 0.15) is 0 Å². The smallest absolute Gasteiger partial charge is 0.258 e. The monoisotopic (exact) mass is 405 g/mol. The van der Waals surface area contributed by atoms with Crippen LogP contribution in [0.3, 0.4) is 0 Å². The lowest BCUT2D eigenvalue weighted by Gasteiger charge is -2.28. The molecule has 156 valence electrons. The van der Waals surface area contributed by atoms with Crippen LogP contribution in [0.4, 0.5) is 11.4 Å². The maximum atomic E-state index is 13.2. The van der Waals surface area contributed by atoms with E-state index in [0.717, 1.165) is 12.3 Å². The van der Waals surface area contributed by atoms with Crippen LogP contribution in [0, 0.1) is 5.92 Å². The zero-order valence-electron chi connectivity index (χ0n) is 17.2. The summed E-state index contributed by atoms with van der Waals surface area (Å²) in [6.07, 6.45) is 4.99. The highest BCUT2D eigenvalue weighted by Gasteiger charge is 2.31. The Morgan fingerprint density at radius 1 is 1.10 bits per heavy atom. The molecule has 0 aromatic heterocycles. The minimum absolute atomic E-state index is 0.162. The van der Waals surface area contributed by atoms with Gasteiger partial charge in [-0.3, -0.25) is 14.4 Å². The molecule has 1 unspecified atom stereocenters. The summed E-state index contributed by atoms with van der Waals surface area (Å²) in [7, 11) is 0. The Kier molecular flexibility index (Phi) is 5.84. The van der Waals surface area contributed by atoms with E-state index in [0.29, 0.717) is 29.0 Å². The molecule has 0 spiro atoms. The first kappa shape index (κ1) is 20.1. The molecule has 1 fully saturated rings. The van der Waals surface area contributed by atoms with Crippen LogP contribution < -0.4 is 15.5 Å². The van der Waals surface area contributed by atoms with Crippen LogP contribution in [0.15, 0.2) is 48.5 Å². The van der Waals surface area contributed by atoms with Crippen molar-refractivity contribution in [1.82, 2.24) is 5.32 Å². The summed E-state index contributed by atoms with van der Waals surface area (Å²) in [5.74, 6) is 0.230. The molecule has 6 nitrogen and oxygen atoms in total. The predicted octanol–water partition coefficient (Wildman–Crippen LogP) is 3.98. The summed E-state index contributed by atoms with van der Waals surface area (Å²) in [6.45, 7) is 2.51. The molecule has 0 radical (unpaired) electrons. The van der Waals surface area contributed by atoms with Crippen molar-refractivity contribution in [3.8, 4) is 0 Å². The van der Waals surface area contributed by atoms with Crippen LogP contribution >= 0.6 is 0 Å². The quantitative estimate of drug-likeness (QED) is 0.790. The van der Waals surface area contributed by atoms with Crippen LogP contribution in [-0.4, -0.2) is 30.3 Å². The van der Waals surface area contributed by atoms with Crippen molar-refractivity contribution >= 4 is 29.1 Å². The number of amides is 3. The SMILES string of the molecule is CC1CC(=O)Nc2cc(C(=O)NCCC3CCC3)ccc2N1C(=O)c1ccccc1. The van der Waals surface area contributed by atoms with E-state index >= 15 is 0 Å². The molecule has 1 aliphatic carbocycles. The number of hydrogen-bond donors (Lipinski definition) is 2. The molecule has 2 aromatic carbocycles. The minimum atomic E-state index is -0.305. The number of nitrogens with one attached hydrogen (secondary N) is 2. The molecule has 30 heavy (non-hydrogen) atoms. The maximum Gasteiger partial charge on any atom is 0.258 e. The van der Waals surface area contributed by atoms with Crippen LogP contribution in [0.2, 0.25) is 0 Å². The molecule has 4 rings (SSSR count). The number of anilines is 2. The van der Waals surface area contributed by atoms with Crippen molar-refractivity contribution < 1.29 is 14.4 Å². The summed E-state index contributed by atoms with van der Waals surface area (Å²) in [4.78, 5) is 39.8. The minimum Gasteiger partial charge on any atom is -0.352 e. The molecule has 3 amide bonds. The zero-order valence-corrected chi connectivity index (χ0v) is 17.2. The maximum absolute atomic E-state index is 13.2. The second-order valence-corrected chi connectivity index (χ2v) is 8.22. The molecule has 2 aromatic rings. The summed E-state index contributed by atoms with van der Waals surface area (Å²) < 4.78 is 0. The Hall–Kier alpha value is -3.15. The molecule has 1 atom stereocenters. The third-order valence-electron chi connectivity index (χ3n) is 6.02. The standard InChI is InChI=1S/C24H27N3O3/c1-16-14-22(28)26-20-15-19(23(29)25-13-12-17-6-5-7-17)10-11-21(20)27(16)24(30)18-8-3-2-4-9-18/h2-4,8-11,15-17H,5-7,12-14H2,1H3,(H,25,29)(H,26,28). The lowest BCUT2D eigenvalue weighted by molar-refractivity contribution is -0.116. The van der Waals surface area contributed by atoms with Crippen molar-refractivity contribution in [2.24, 2.45) is 5.92 Å². The topological polar surface area (TPSA) is 78.5 Å². The molecule has 2 aliphatic rings. The largest absolute Gasteiger partial charge is 0.352 e. The fourth-order valence-electron chi connectivity index (χ4n) is 4.09. The van der Waals surface area contributed by atoms with Crippen molar-refractivity contribution in [3.05, 3.63) is 59.7 Å². The highest BCUT2D eigenvalue weighted by molar-refractivity contribution is 6.11. The van der Waals surface area contributed by atoms with Crippen LogP contribution in [0.5, 0.6) is 0 Å².